The fraction of sp³-hybridized carbons (Fsp3) is 0.600. The molecule has 1 aromatic rings. The number of piperidine rings is 1. The van der Waals surface area contributed by atoms with Gasteiger partial charge in [-0.2, -0.15) is 0 Å². The molecule has 76 valence electrons. The van der Waals surface area contributed by atoms with Crippen molar-refractivity contribution in [1.29, 1.82) is 0 Å². The van der Waals surface area contributed by atoms with Gasteiger partial charge in [-0.15, -0.1) is 0 Å². The van der Waals surface area contributed by atoms with Crippen molar-refractivity contribution in [3.8, 4) is 0 Å². The summed E-state index contributed by atoms with van der Waals surface area (Å²) >= 11 is 5.74. The van der Waals surface area contributed by atoms with Crippen LogP contribution in [0, 0.1) is 0 Å². The molecule has 0 spiro atoms. The van der Waals surface area contributed by atoms with E-state index in [1.807, 2.05) is 0 Å². The molecule has 1 fully saturated rings. The van der Waals surface area contributed by atoms with Gasteiger partial charge in [-0.05, 0) is 26.2 Å². The maximum absolute atomic E-state index is 5.74. The largest absolute Gasteiger partial charge is 0.338 e. The minimum absolute atomic E-state index is 0.546. The number of hydrogen-bond acceptors (Lipinski definition) is 3. The van der Waals surface area contributed by atoms with Crippen LogP contribution in [0.5, 0.6) is 0 Å². The molecule has 2 rings (SSSR count). The highest BCUT2D eigenvalue weighted by Crippen LogP contribution is 2.21. The van der Waals surface area contributed by atoms with Crippen LogP contribution in [0.15, 0.2) is 12.4 Å². The number of halogens is 1. The Morgan fingerprint density at radius 1 is 1.36 bits per heavy atom. The van der Waals surface area contributed by atoms with Gasteiger partial charge in [0, 0.05) is 12.6 Å². The van der Waals surface area contributed by atoms with E-state index in [1.165, 1.54) is 19.3 Å². The average molecular weight is 212 g/mol. The van der Waals surface area contributed by atoms with Crippen molar-refractivity contribution in [3.05, 3.63) is 17.4 Å². The van der Waals surface area contributed by atoms with E-state index in [2.05, 4.69) is 21.8 Å². The predicted octanol–water partition coefficient (Wildman–Crippen LogP) is 2.51. The number of hydrogen-bond donors (Lipinski definition) is 0. The van der Waals surface area contributed by atoms with Gasteiger partial charge in [0.15, 0.2) is 0 Å². The van der Waals surface area contributed by atoms with Crippen LogP contribution in [0.4, 0.5) is 5.95 Å². The predicted molar refractivity (Wildman–Crippen MR) is 57.7 cm³/mol. The molecule has 1 atom stereocenters. The Balaban J connectivity index is 2.16. The summed E-state index contributed by atoms with van der Waals surface area (Å²) < 4.78 is 0. The summed E-state index contributed by atoms with van der Waals surface area (Å²) in [5, 5.41) is 0.596. The Labute approximate surface area is 89.1 Å². The van der Waals surface area contributed by atoms with Crippen LogP contribution in [-0.4, -0.2) is 22.6 Å². The number of aromatic nitrogens is 2. The van der Waals surface area contributed by atoms with Crippen molar-refractivity contribution >= 4 is 17.5 Å². The highest BCUT2D eigenvalue weighted by atomic mass is 35.5. The molecule has 4 heteroatoms. The van der Waals surface area contributed by atoms with Gasteiger partial charge >= 0.3 is 0 Å². The minimum Gasteiger partial charge on any atom is -0.338 e. The lowest BCUT2D eigenvalue weighted by Crippen LogP contribution is -2.38. The van der Waals surface area contributed by atoms with Gasteiger partial charge < -0.3 is 4.90 Å². The third-order valence-corrected chi connectivity index (χ3v) is 2.86. The maximum Gasteiger partial charge on any atom is 0.225 e. The van der Waals surface area contributed by atoms with Crippen molar-refractivity contribution in [1.82, 2.24) is 9.97 Å². The molecular formula is C10H14ClN3. The highest BCUT2D eigenvalue weighted by Gasteiger charge is 2.20. The summed E-state index contributed by atoms with van der Waals surface area (Å²) in [5.41, 5.74) is 0. The van der Waals surface area contributed by atoms with Gasteiger partial charge in [-0.3, -0.25) is 0 Å². The molecule has 0 saturated carbocycles. The quantitative estimate of drug-likeness (QED) is 0.715. The molecule has 3 nitrogen and oxygen atoms in total. The molecule has 0 aromatic carbocycles. The molecular weight excluding hydrogens is 198 g/mol. The lowest BCUT2D eigenvalue weighted by Gasteiger charge is -2.33. The van der Waals surface area contributed by atoms with E-state index in [0.29, 0.717) is 11.1 Å². The smallest absolute Gasteiger partial charge is 0.225 e. The minimum atomic E-state index is 0.546. The topological polar surface area (TPSA) is 29.0 Å². The van der Waals surface area contributed by atoms with Crippen LogP contribution in [0.3, 0.4) is 0 Å². The summed E-state index contributed by atoms with van der Waals surface area (Å²) in [6.07, 6.45) is 7.09. The van der Waals surface area contributed by atoms with E-state index in [0.717, 1.165) is 12.5 Å². The fourth-order valence-electron chi connectivity index (χ4n) is 1.85. The standard InChI is InChI=1S/C10H14ClN3/c1-8-4-2-3-5-14(8)10-12-6-9(11)7-13-10/h6-8H,2-5H2,1H3/t8-/m0/s1. The van der Waals surface area contributed by atoms with Crippen LogP contribution < -0.4 is 4.90 Å². The second-order valence-electron chi connectivity index (χ2n) is 3.74. The Morgan fingerprint density at radius 3 is 2.71 bits per heavy atom. The zero-order valence-electron chi connectivity index (χ0n) is 8.28. The summed E-state index contributed by atoms with van der Waals surface area (Å²) in [7, 11) is 0. The van der Waals surface area contributed by atoms with Crippen LogP contribution in [0.25, 0.3) is 0 Å². The number of nitrogens with zero attached hydrogens (tertiary/aromatic N) is 3. The first-order valence-corrected chi connectivity index (χ1v) is 5.39. The molecule has 1 aliphatic heterocycles. The van der Waals surface area contributed by atoms with E-state index in [4.69, 9.17) is 11.6 Å². The Hall–Kier alpha value is -0.830. The monoisotopic (exact) mass is 211 g/mol. The van der Waals surface area contributed by atoms with Crippen LogP contribution >= 0.6 is 11.6 Å². The SMILES string of the molecule is C[C@H]1CCCCN1c1ncc(Cl)cn1. The Kier molecular flexibility index (Phi) is 2.87. The van der Waals surface area contributed by atoms with Crippen LogP contribution in [0.2, 0.25) is 5.02 Å². The molecule has 14 heavy (non-hydrogen) atoms. The van der Waals surface area contributed by atoms with E-state index >= 15 is 0 Å². The van der Waals surface area contributed by atoms with Gasteiger partial charge in [-0.1, -0.05) is 11.6 Å². The summed E-state index contributed by atoms with van der Waals surface area (Å²) in [4.78, 5) is 10.7. The zero-order valence-corrected chi connectivity index (χ0v) is 9.04. The average Bonchev–Trinajstić information content (AvgIpc) is 2.20. The van der Waals surface area contributed by atoms with Crippen molar-refractivity contribution < 1.29 is 0 Å². The number of rotatable bonds is 1. The summed E-state index contributed by atoms with van der Waals surface area (Å²) in [5.74, 6) is 0.807. The molecule has 2 heterocycles. The Bertz CT molecular complexity index is 299. The van der Waals surface area contributed by atoms with Crippen molar-refractivity contribution in [2.45, 2.75) is 32.2 Å². The van der Waals surface area contributed by atoms with Crippen LogP contribution in [-0.2, 0) is 0 Å². The van der Waals surface area contributed by atoms with Crippen LogP contribution in [0.1, 0.15) is 26.2 Å². The van der Waals surface area contributed by atoms with E-state index < -0.39 is 0 Å². The lowest BCUT2D eigenvalue weighted by molar-refractivity contribution is 0.477. The first-order valence-electron chi connectivity index (χ1n) is 5.01. The zero-order chi connectivity index (χ0) is 9.97. The second kappa shape index (κ2) is 4.13. The molecule has 0 unspecified atom stereocenters. The summed E-state index contributed by atoms with van der Waals surface area (Å²) in [6.45, 7) is 3.28. The fourth-order valence-corrected chi connectivity index (χ4v) is 1.95. The van der Waals surface area contributed by atoms with Crippen molar-refractivity contribution in [2.75, 3.05) is 11.4 Å². The van der Waals surface area contributed by atoms with E-state index in [-0.39, 0.29) is 0 Å². The maximum atomic E-state index is 5.74. The molecule has 0 radical (unpaired) electrons. The van der Waals surface area contributed by atoms with Gasteiger partial charge in [0.25, 0.3) is 0 Å². The van der Waals surface area contributed by atoms with E-state index in [9.17, 15) is 0 Å². The second-order valence-corrected chi connectivity index (χ2v) is 4.18. The first kappa shape index (κ1) is 9.71. The molecule has 0 amide bonds. The third kappa shape index (κ3) is 1.98. The normalized spacial score (nSPS) is 22.4. The molecule has 1 aliphatic rings. The van der Waals surface area contributed by atoms with Gasteiger partial charge in [0.05, 0.1) is 17.4 Å². The summed E-state index contributed by atoms with van der Waals surface area (Å²) in [6, 6.07) is 0.546. The van der Waals surface area contributed by atoms with Crippen molar-refractivity contribution in [3.63, 3.8) is 0 Å². The van der Waals surface area contributed by atoms with Gasteiger partial charge in [0.2, 0.25) is 5.95 Å². The highest BCUT2D eigenvalue weighted by molar-refractivity contribution is 6.30. The molecule has 1 saturated heterocycles. The third-order valence-electron chi connectivity index (χ3n) is 2.67. The van der Waals surface area contributed by atoms with Gasteiger partial charge in [-0.25, -0.2) is 9.97 Å². The van der Waals surface area contributed by atoms with E-state index in [1.54, 1.807) is 12.4 Å². The Morgan fingerprint density at radius 2 is 2.07 bits per heavy atom. The van der Waals surface area contributed by atoms with Gasteiger partial charge in [0.1, 0.15) is 0 Å². The molecule has 0 bridgehead atoms. The first-order chi connectivity index (χ1) is 6.77. The number of anilines is 1. The van der Waals surface area contributed by atoms with Crippen molar-refractivity contribution in [2.24, 2.45) is 0 Å². The molecule has 1 aromatic heterocycles. The molecule has 0 N–H and O–H groups in total. The molecule has 0 aliphatic carbocycles. The lowest BCUT2D eigenvalue weighted by atomic mass is 10.0.